The number of aromatic nitrogens is 2. The van der Waals surface area contributed by atoms with E-state index in [1.165, 1.54) is 11.0 Å². The van der Waals surface area contributed by atoms with E-state index < -0.39 is 91.5 Å². The molecule has 4 bridgehead atoms. The molecule has 1 saturated heterocycles. The van der Waals surface area contributed by atoms with Gasteiger partial charge in [-0.25, -0.2) is 23.2 Å². The van der Waals surface area contributed by atoms with E-state index in [4.69, 9.17) is 9.47 Å². The quantitative estimate of drug-likeness (QED) is 0.388. The smallest absolute Gasteiger partial charge is 0.407 e. The van der Waals surface area contributed by atoms with Crippen LogP contribution >= 0.6 is 0 Å². The number of nitrogens with zero attached hydrogens (tertiary/aromatic N) is 3. The molecule has 1 aromatic carbocycles. The van der Waals surface area contributed by atoms with E-state index in [1.807, 2.05) is 6.08 Å². The van der Waals surface area contributed by atoms with Gasteiger partial charge in [-0.1, -0.05) is 49.6 Å². The summed E-state index contributed by atoms with van der Waals surface area (Å²) in [5.41, 5.74) is -2.78. The van der Waals surface area contributed by atoms with Crippen LogP contribution in [0.5, 0.6) is 5.88 Å². The van der Waals surface area contributed by atoms with Crippen LogP contribution in [0, 0.1) is 17.3 Å². The first-order chi connectivity index (χ1) is 26.3. The average Bonchev–Trinajstić information content (AvgIpc) is 4.06. The standard InChI is InChI=1S/C38H44F2N6O8S/c39-38(40)18-17-36(15-8-16-36)22-53-35(50)43-28-12-5-3-1-2-4-9-23-19-37(23,34(49)45-55(51,52)24-13-14-24)44-31(47)25-20-46(33(28)48)21-29(25)54-32-30(38)41-26-10-6-7-11-27(26)42-32/h4,6-7,9-11,17-18,23-25,28-29H,1-3,5,8,12-16,19-22H2,(H,43,50)(H,44,47)(H,45,49)/b9-4+,18-17?/t23-,25?,28+,29+,37+/m1/s1. The van der Waals surface area contributed by atoms with Gasteiger partial charge in [0, 0.05) is 17.9 Å². The molecular formula is C38H44F2N6O8S. The third-order valence-corrected chi connectivity index (χ3v) is 13.6. The Morgan fingerprint density at radius 3 is 2.45 bits per heavy atom. The molecule has 14 nitrogen and oxygen atoms in total. The number of alkyl halides is 2. The normalized spacial score (nSPS) is 31.3. The van der Waals surface area contributed by atoms with Crippen LogP contribution in [0.3, 0.4) is 0 Å². The van der Waals surface area contributed by atoms with Gasteiger partial charge in [-0.3, -0.25) is 19.1 Å². The number of ether oxygens (including phenoxy) is 2. The Morgan fingerprint density at radius 1 is 0.964 bits per heavy atom. The number of alkyl carbamates (subject to hydrolysis) is 1. The van der Waals surface area contributed by atoms with Gasteiger partial charge in [0.05, 0.1) is 28.7 Å². The molecule has 6 aliphatic rings. The van der Waals surface area contributed by atoms with E-state index in [1.54, 1.807) is 30.3 Å². The van der Waals surface area contributed by atoms with Crippen molar-refractivity contribution < 1.29 is 45.9 Å². The van der Waals surface area contributed by atoms with Gasteiger partial charge < -0.3 is 25.0 Å². The molecule has 5 atom stereocenters. The highest BCUT2D eigenvalue weighted by Crippen LogP contribution is 2.47. The van der Waals surface area contributed by atoms with Crippen LogP contribution in [-0.2, 0) is 35.1 Å². The van der Waals surface area contributed by atoms with Crippen LogP contribution in [-0.4, -0.2) is 89.7 Å². The van der Waals surface area contributed by atoms with Gasteiger partial charge in [-0.2, -0.15) is 8.78 Å². The molecule has 3 aliphatic heterocycles. The van der Waals surface area contributed by atoms with Gasteiger partial charge in [-0.15, -0.1) is 0 Å². The fraction of sp³-hybridized carbons (Fsp3) is 0.579. The number of cyclic esters (lactones) is 1. The summed E-state index contributed by atoms with van der Waals surface area (Å²) in [4.78, 5) is 65.6. The van der Waals surface area contributed by atoms with Crippen LogP contribution < -0.4 is 20.1 Å². The number of allylic oxidation sites excluding steroid dienone is 2. The van der Waals surface area contributed by atoms with E-state index >= 15 is 8.78 Å². The van der Waals surface area contributed by atoms with Crippen LogP contribution in [0.25, 0.3) is 11.0 Å². The van der Waals surface area contributed by atoms with Gasteiger partial charge in [0.25, 0.3) is 5.91 Å². The zero-order chi connectivity index (χ0) is 38.6. The van der Waals surface area contributed by atoms with Gasteiger partial charge >= 0.3 is 12.0 Å². The average molecular weight is 783 g/mol. The molecule has 8 rings (SSSR count). The molecule has 55 heavy (non-hydrogen) atoms. The number of hydrogen-bond donors (Lipinski definition) is 3. The lowest BCUT2D eigenvalue weighted by Crippen LogP contribution is -2.55. The first kappa shape index (κ1) is 37.3. The van der Waals surface area contributed by atoms with Crippen molar-refractivity contribution in [1.82, 2.24) is 30.2 Å². The molecule has 4 amide bonds. The lowest BCUT2D eigenvalue weighted by Gasteiger charge is -2.39. The Labute approximate surface area is 316 Å². The first-order valence-electron chi connectivity index (χ1n) is 19.1. The molecular weight excluding hydrogens is 739 g/mol. The number of rotatable bonds is 3. The maximum absolute atomic E-state index is 16.4. The lowest BCUT2D eigenvalue weighted by molar-refractivity contribution is -0.134. The second-order valence-corrected chi connectivity index (χ2v) is 17.8. The third-order valence-electron chi connectivity index (χ3n) is 11.8. The summed E-state index contributed by atoms with van der Waals surface area (Å²) in [5.74, 6) is -8.09. The number of para-hydroxylation sites is 2. The maximum atomic E-state index is 16.4. The highest BCUT2D eigenvalue weighted by atomic mass is 32.2. The van der Waals surface area contributed by atoms with Gasteiger partial charge in [0.15, 0.2) is 5.69 Å². The van der Waals surface area contributed by atoms with Crippen molar-refractivity contribution in [2.75, 3.05) is 19.7 Å². The fourth-order valence-corrected chi connectivity index (χ4v) is 9.36. The monoisotopic (exact) mass is 782 g/mol. The Kier molecular flexibility index (Phi) is 9.57. The number of halogens is 2. The topological polar surface area (TPSA) is 186 Å². The number of carbonyl (C=O) groups excluding carboxylic acids is 4. The van der Waals surface area contributed by atoms with Crippen molar-refractivity contribution >= 4 is 44.9 Å². The lowest BCUT2D eigenvalue weighted by atomic mass is 9.69. The molecule has 1 spiro atoms. The molecule has 3 aliphatic carbocycles. The number of carbonyl (C=O) groups is 4. The summed E-state index contributed by atoms with van der Waals surface area (Å²) >= 11 is 0. The molecule has 3 N–H and O–H groups in total. The van der Waals surface area contributed by atoms with E-state index in [-0.39, 0.29) is 43.6 Å². The van der Waals surface area contributed by atoms with Crippen molar-refractivity contribution in [2.24, 2.45) is 17.3 Å². The predicted octanol–water partition coefficient (Wildman–Crippen LogP) is 3.77. The minimum atomic E-state index is -3.95. The minimum absolute atomic E-state index is 0.136. The van der Waals surface area contributed by atoms with E-state index in [9.17, 15) is 27.6 Å². The van der Waals surface area contributed by atoms with Gasteiger partial charge in [0.1, 0.15) is 24.3 Å². The van der Waals surface area contributed by atoms with Crippen LogP contribution in [0.15, 0.2) is 48.6 Å². The molecule has 4 fully saturated rings. The van der Waals surface area contributed by atoms with Crippen LogP contribution in [0.4, 0.5) is 13.6 Å². The Bertz CT molecular complexity index is 2070. The SMILES string of the molecule is O=C1N[C@H]2CCCCC/C=C/[C@@H]3C[C@]3(C(=O)NS(=O)(=O)C3CC3)NC(=O)C3CN(C[C@@H]3Oc3nc4ccccc4nc3C(F)(F)C=CC3(CCC3)CO1)C2=O. The molecule has 3 saturated carbocycles. The number of fused-ring (bicyclic) bond motifs is 7. The highest BCUT2D eigenvalue weighted by Gasteiger charge is 2.62. The Balaban J connectivity index is 1.19. The third kappa shape index (κ3) is 7.51. The molecule has 1 aromatic heterocycles. The van der Waals surface area contributed by atoms with Gasteiger partial charge in [-0.05, 0) is 69.6 Å². The van der Waals surface area contributed by atoms with Crippen molar-refractivity contribution in [2.45, 2.75) is 99.5 Å². The predicted molar refractivity (Wildman–Crippen MR) is 193 cm³/mol. The van der Waals surface area contributed by atoms with Crippen molar-refractivity contribution in [3.63, 3.8) is 0 Å². The number of hydrogen-bond acceptors (Lipinski definition) is 10. The van der Waals surface area contributed by atoms with E-state index in [0.29, 0.717) is 38.5 Å². The minimum Gasteiger partial charge on any atom is -0.470 e. The molecule has 2 aromatic rings. The maximum Gasteiger partial charge on any atom is 0.407 e. The van der Waals surface area contributed by atoms with Crippen LogP contribution in [0.2, 0.25) is 0 Å². The summed E-state index contributed by atoms with van der Waals surface area (Å²) in [5, 5.41) is 4.82. The molecule has 4 heterocycles. The van der Waals surface area contributed by atoms with Gasteiger partial charge in [0.2, 0.25) is 27.7 Å². The fourth-order valence-electron chi connectivity index (χ4n) is 8.00. The van der Waals surface area contributed by atoms with E-state index in [0.717, 1.165) is 25.3 Å². The highest BCUT2D eigenvalue weighted by molar-refractivity contribution is 7.91. The van der Waals surface area contributed by atoms with E-state index in [2.05, 4.69) is 25.3 Å². The van der Waals surface area contributed by atoms with Crippen molar-refractivity contribution in [3.8, 4) is 5.88 Å². The molecule has 1 unspecified atom stereocenters. The first-order valence-corrected chi connectivity index (χ1v) is 20.6. The zero-order valence-corrected chi connectivity index (χ0v) is 31.0. The van der Waals surface area contributed by atoms with Crippen molar-refractivity contribution in [3.05, 3.63) is 54.3 Å². The number of benzene rings is 1. The summed E-state index contributed by atoms with van der Waals surface area (Å²) in [7, 11) is -3.95. The van der Waals surface area contributed by atoms with Crippen molar-refractivity contribution in [1.29, 1.82) is 0 Å². The zero-order valence-electron chi connectivity index (χ0n) is 30.2. The summed E-state index contributed by atoms with van der Waals surface area (Å²) < 4.78 is 72.4. The number of nitrogens with one attached hydrogen (secondary N) is 3. The Morgan fingerprint density at radius 2 is 1.73 bits per heavy atom. The molecule has 17 heteroatoms. The largest absolute Gasteiger partial charge is 0.470 e. The summed E-state index contributed by atoms with van der Waals surface area (Å²) in [6.45, 7) is -0.671. The summed E-state index contributed by atoms with van der Waals surface area (Å²) in [6.07, 6.45) is 9.39. The molecule has 0 radical (unpaired) electrons. The number of amides is 4. The second-order valence-electron chi connectivity index (χ2n) is 15.8. The Hall–Kier alpha value is -4.67. The second kappa shape index (κ2) is 14.1. The van der Waals surface area contributed by atoms with Crippen LogP contribution in [0.1, 0.15) is 76.3 Å². The number of sulfonamides is 1. The molecule has 294 valence electrons. The summed E-state index contributed by atoms with van der Waals surface area (Å²) in [6, 6.07) is 5.42.